The zero-order valence-electron chi connectivity index (χ0n) is 6.99. The van der Waals surface area contributed by atoms with Gasteiger partial charge in [-0.25, -0.2) is 9.78 Å². The standard InChI is InChI=1S/C8H10N2O3/c11-7(12)3-1-2-6-4-5-9-8(13)10-6/h4-5H,1-3H2,(H,11,12)(H,9,10,13). The zero-order chi connectivity index (χ0) is 9.68. The number of hydrogen-bond donors (Lipinski definition) is 2. The number of aryl methyl sites for hydroxylation is 1. The molecule has 0 fully saturated rings. The van der Waals surface area contributed by atoms with E-state index >= 15 is 0 Å². The number of carbonyl (C=O) groups is 1. The maximum absolute atomic E-state index is 10.7. The Bertz CT molecular complexity index is 345. The summed E-state index contributed by atoms with van der Waals surface area (Å²) in [4.78, 5) is 26.9. The Morgan fingerprint density at radius 1 is 1.62 bits per heavy atom. The minimum absolute atomic E-state index is 0.115. The van der Waals surface area contributed by atoms with Crippen LogP contribution in [0.2, 0.25) is 0 Å². The second-order valence-electron chi connectivity index (χ2n) is 2.65. The molecule has 1 heterocycles. The van der Waals surface area contributed by atoms with Gasteiger partial charge in [0.25, 0.3) is 0 Å². The van der Waals surface area contributed by atoms with Crippen LogP contribution in [-0.2, 0) is 11.2 Å². The van der Waals surface area contributed by atoms with Gasteiger partial charge in [-0.15, -0.1) is 0 Å². The number of nitrogens with zero attached hydrogens (tertiary/aromatic N) is 1. The van der Waals surface area contributed by atoms with Gasteiger partial charge < -0.3 is 10.1 Å². The lowest BCUT2D eigenvalue weighted by Crippen LogP contribution is -2.11. The molecule has 2 N–H and O–H groups in total. The molecule has 0 aliphatic heterocycles. The quantitative estimate of drug-likeness (QED) is 0.695. The summed E-state index contributed by atoms with van der Waals surface area (Å²) in [6, 6.07) is 1.67. The Labute approximate surface area is 74.4 Å². The van der Waals surface area contributed by atoms with Gasteiger partial charge >= 0.3 is 11.7 Å². The molecule has 0 saturated carbocycles. The molecule has 0 unspecified atom stereocenters. The van der Waals surface area contributed by atoms with E-state index in [4.69, 9.17) is 5.11 Å². The van der Waals surface area contributed by atoms with Crippen LogP contribution < -0.4 is 5.69 Å². The van der Waals surface area contributed by atoms with Crippen molar-refractivity contribution >= 4 is 5.97 Å². The van der Waals surface area contributed by atoms with E-state index in [-0.39, 0.29) is 6.42 Å². The zero-order valence-corrected chi connectivity index (χ0v) is 6.99. The first-order valence-corrected chi connectivity index (χ1v) is 3.94. The van der Waals surface area contributed by atoms with Crippen molar-refractivity contribution in [1.82, 2.24) is 9.97 Å². The Hall–Kier alpha value is -1.65. The average molecular weight is 182 g/mol. The van der Waals surface area contributed by atoms with E-state index in [0.717, 1.165) is 5.69 Å². The first-order chi connectivity index (χ1) is 6.18. The fourth-order valence-corrected chi connectivity index (χ4v) is 0.982. The highest BCUT2D eigenvalue weighted by Gasteiger charge is 1.98. The number of rotatable bonds is 4. The van der Waals surface area contributed by atoms with Gasteiger partial charge in [0.05, 0.1) is 0 Å². The van der Waals surface area contributed by atoms with Gasteiger partial charge in [0, 0.05) is 18.3 Å². The first-order valence-electron chi connectivity index (χ1n) is 3.94. The predicted molar refractivity (Wildman–Crippen MR) is 45.4 cm³/mol. The molecule has 5 heteroatoms. The van der Waals surface area contributed by atoms with Crippen molar-refractivity contribution < 1.29 is 9.90 Å². The number of H-pyrrole nitrogens is 1. The summed E-state index contributed by atoms with van der Waals surface area (Å²) in [5.41, 5.74) is 0.328. The van der Waals surface area contributed by atoms with Crippen molar-refractivity contribution in [3.05, 3.63) is 28.4 Å². The topological polar surface area (TPSA) is 83.0 Å². The maximum atomic E-state index is 10.7. The number of aromatic amines is 1. The van der Waals surface area contributed by atoms with Crippen molar-refractivity contribution in [3.8, 4) is 0 Å². The number of aliphatic carboxylic acids is 1. The van der Waals surface area contributed by atoms with Gasteiger partial charge in [-0.1, -0.05) is 0 Å². The van der Waals surface area contributed by atoms with Crippen molar-refractivity contribution in [2.24, 2.45) is 0 Å². The molecule has 0 spiro atoms. The van der Waals surface area contributed by atoms with Gasteiger partial charge in [0.15, 0.2) is 0 Å². The summed E-state index contributed by atoms with van der Waals surface area (Å²) in [5.74, 6) is -0.823. The average Bonchev–Trinajstić information content (AvgIpc) is 2.03. The molecule has 70 valence electrons. The van der Waals surface area contributed by atoms with E-state index in [1.165, 1.54) is 6.20 Å². The molecular formula is C8H10N2O3. The molecule has 0 amide bonds. The van der Waals surface area contributed by atoms with Crippen LogP contribution in [0.4, 0.5) is 0 Å². The van der Waals surface area contributed by atoms with Gasteiger partial charge in [0.1, 0.15) is 0 Å². The third kappa shape index (κ3) is 3.50. The lowest BCUT2D eigenvalue weighted by Gasteiger charge is -1.97. The van der Waals surface area contributed by atoms with Gasteiger partial charge in [-0.2, -0.15) is 0 Å². The summed E-state index contributed by atoms with van der Waals surface area (Å²) in [7, 11) is 0. The summed E-state index contributed by atoms with van der Waals surface area (Å²) in [6.45, 7) is 0. The van der Waals surface area contributed by atoms with Gasteiger partial charge in [-0.05, 0) is 18.9 Å². The minimum Gasteiger partial charge on any atom is -0.481 e. The van der Waals surface area contributed by atoms with Crippen LogP contribution in [0, 0.1) is 0 Å². The van der Waals surface area contributed by atoms with Crippen molar-refractivity contribution in [1.29, 1.82) is 0 Å². The largest absolute Gasteiger partial charge is 0.481 e. The number of aromatic nitrogens is 2. The highest BCUT2D eigenvalue weighted by atomic mass is 16.4. The lowest BCUT2D eigenvalue weighted by molar-refractivity contribution is -0.137. The predicted octanol–water partition coefficient (Wildman–Crippen LogP) is 0.177. The summed E-state index contributed by atoms with van der Waals surface area (Å²) < 4.78 is 0. The number of hydrogen-bond acceptors (Lipinski definition) is 3. The molecule has 5 nitrogen and oxygen atoms in total. The molecule has 0 saturated heterocycles. The Balaban J connectivity index is 2.45. The first kappa shape index (κ1) is 9.44. The number of carboxylic acid groups (broad SMARTS) is 1. The summed E-state index contributed by atoms with van der Waals surface area (Å²) in [5, 5.41) is 8.36. The molecule has 0 atom stereocenters. The van der Waals surface area contributed by atoms with E-state index in [1.807, 2.05) is 0 Å². The highest BCUT2D eigenvalue weighted by molar-refractivity contribution is 5.66. The minimum atomic E-state index is -0.823. The maximum Gasteiger partial charge on any atom is 0.345 e. The fraction of sp³-hybridized carbons (Fsp3) is 0.375. The molecule has 0 bridgehead atoms. The van der Waals surface area contributed by atoms with E-state index in [2.05, 4.69) is 9.97 Å². The lowest BCUT2D eigenvalue weighted by atomic mass is 10.2. The van der Waals surface area contributed by atoms with Crippen molar-refractivity contribution in [3.63, 3.8) is 0 Å². The number of nitrogens with one attached hydrogen (secondary N) is 1. The molecule has 13 heavy (non-hydrogen) atoms. The molecule has 1 aromatic heterocycles. The highest BCUT2D eigenvalue weighted by Crippen LogP contribution is 1.98. The van der Waals surface area contributed by atoms with Crippen LogP contribution in [-0.4, -0.2) is 21.0 Å². The Morgan fingerprint density at radius 2 is 2.38 bits per heavy atom. The normalized spacial score (nSPS) is 9.85. The Morgan fingerprint density at radius 3 is 3.00 bits per heavy atom. The third-order valence-corrected chi connectivity index (χ3v) is 1.57. The smallest absolute Gasteiger partial charge is 0.345 e. The van der Waals surface area contributed by atoms with E-state index < -0.39 is 11.7 Å². The molecule has 0 aliphatic rings. The molecule has 0 radical (unpaired) electrons. The van der Waals surface area contributed by atoms with E-state index in [9.17, 15) is 9.59 Å². The second-order valence-corrected chi connectivity index (χ2v) is 2.65. The van der Waals surface area contributed by atoms with Crippen LogP contribution in [0.1, 0.15) is 18.5 Å². The molecule has 0 aromatic carbocycles. The molecular weight excluding hydrogens is 172 g/mol. The van der Waals surface area contributed by atoms with Crippen LogP contribution in [0.3, 0.4) is 0 Å². The summed E-state index contributed by atoms with van der Waals surface area (Å²) in [6.07, 6.45) is 2.61. The Kier molecular flexibility index (Phi) is 3.19. The fourth-order valence-electron chi connectivity index (χ4n) is 0.982. The van der Waals surface area contributed by atoms with Crippen LogP contribution in [0.15, 0.2) is 17.1 Å². The molecule has 1 aromatic rings. The van der Waals surface area contributed by atoms with Gasteiger partial charge in [0.2, 0.25) is 0 Å². The van der Waals surface area contributed by atoms with E-state index in [0.29, 0.717) is 12.8 Å². The monoisotopic (exact) mass is 182 g/mol. The van der Waals surface area contributed by atoms with E-state index in [1.54, 1.807) is 6.07 Å². The molecule has 1 rings (SSSR count). The SMILES string of the molecule is O=C(O)CCCc1ccnc(=O)[nH]1. The number of carboxylic acids is 1. The van der Waals surface area contributed by atoms with Gasteiger partial charge in [-0.3, -0.25) is 4.79 Å². The van der Waals surface area contributed by atoms with Crippen molar-refractivity contribution in [2.75, 3.05) is 0 Å². The van der Waals surface area contributed by atoms with Crippen LogP contribution in [0.5, 0.6) is 0 Å². The van der Waals surface area contributed by atoms with Crippen LogP contribution in [0.25, 0.3) is 0 Å². The summed E-state index contributed by atoms with van der Waals surface area (Å²) >= 11 is 0. The second kappa shape index (κ2) is 4.39. The molecule has 0 aliphatic carbocycles. The van der Waals surface area contributed by atoms with Crippen LogP contribution >= 0.6 is 0 Å². The van der Waals surface area contributed by atoms with Crippen molar-refractivity contribution in [2.45, 2.75) is 19.3 Å². The third-order valence-electron chi connectivity index (χ3n) is 1.57.